The van der Waals surface area contributed by atoms with Gasteiger partial charge in [0.05, 0.1) is 0 Å². The predicted octanol–water partition coefficient (Wildman–Crippen LogP) is 2.08. The molecule has 1 heterocycles. The van der Waals surface area contributed by atoms with Gasteiger partial charge in [0.15, 0.2) is 5.82 Å². The Balaban J connectivity index is 1.91. The molecule has 2 N–H and O–H groups in total. The first-order chi connectivity index (χ1) is 7.79. The Morgan fingerprint density at radius 1 is 1.38 bits per heavy atom. The molecule has 0 saturated heterocycles. The number of aromatic nitrogens is 2. The van der Waals surface area contributed by atoms with Crippen LogP contribution < -0.4 is 5.73 Å². The third-order valence-electron chi connectivity index (χ3n) is 3.39. The Bertz CT molecular complexity index is 324. The van der Waals surface area contributed by atoms with Gasteiger partial charge >= 0.3 is 0 Å². The van der Waals surface area contributed by atoms with Gasteiger partial charge < -0.3 is 10.3 Å². The quantitative estimate of drug-likeness (QED) is 0.848. The maximum atomic E-state index is 6.10. The van der Waals surface area contributed by atoms with Gasteiger partial charge in [-0.25, -0.2) is 0 Å². The van der Waals surface area contributed by atoms with Gasteiger partial charge in [-0.15, -0.1) is 0 Å². The molecule has 1 saturated carbocycles. The summed E-state index contributed by atoms with van der Waals surface area (Å²) >= 11 is 0. The highest BCUT2D eigenvalue weighted by Gasteiger charge is 2.24. The van der Waals surface area contributed by atoms with Crippen molar-refractivity contribution in [2.75, 3.05) is 0 Å². The molecule has 0 aromatic carbocycles. The normalized spacial score (nSPS) is 25.9. The fourth-order valence-electron chi connectivity index (χ4n) is 2.41. The van der Waals surface area contributed by atoms with Crippen LogP contribution in [0.25, 0.3) is 0 Å². The van der Waals surface area contributed by atoms with Gasteiger partial charge in [0, 0.05) is 18.9 Å². The molecule has 0 radical (unpaired) electrons. The Labute approximate surface area is 96.6 Å². The number of aryl methyl sites for hydroxylation is 1. The number of hydrogen-bond acceptors (Lipinski definition) is 4. The summed E-state index contributed by atoms with van der Waals surface area (Å²) in [6.07, 6.45) is 7.71. The van der Waals surface area contributed by atoms with E-state index >= 15 is 0 Å². The molecule has 1 aliphatic carbocycles. The van der Waals surface area contributed by atoms with Crippen molar-refractivity contribution < 1.29 is 4.52 Å². The highest BCUT2D eigenvalue weighted by Crippen LogP contribution is 2.25. The second kappa shape index (κ2) is 5.43. The molecule has 16 heavy (non-hydrogen) atoms. The Hall–Kier alpha value is -0.900. The standard InChI is InChI=1S/C12H21N3O/c1-2-5-11-14-12(16-15-11)8-9-6-3-4-7-10(9)13/h9-10H,2-8,13H2,1H3. The summed E-state index contributed by atoms with van der Waals surface area (Å²) < 4.78 is 5.25. The van der Waals surface area contributed by atoms with Crippen molar-refractivity contribution in [3.63, 3.8) is 0 Å². The molecule has 1 aromatic heterocycles. The maximum absolute atomic E-state index is 6.10. The maximum Gasteiger partial charge on any atom is 0.226 e. The van der Waals surface area contributed by atoms with E-state index in [1.165, 1.54) is 19.3 Å². The van der Waals surface area contributed by atoms with Gasteiger partial charge in [0.1, 0.15) is 0 Å². The van der Waals surface area contributed by atoms with E-state index in [2.05, 4.69) is 17.1 Å². The fourth-order valence-corrected chi connectivity index (χ4v) is 2.41. The van der Waals surface area contributed by atoms with Crippen LogP contribution in [0.2, 0.25) is 0 Å². The third kappa shape index (κ3) is 2.82. The lowest BCUT2D eigenvalue weighted by Gasteiger charge is -2.27. The van der Waals surface area contributed by atoms with E-state index in [-0.39, 0.29) is 0 Å². The van der Waals surface area contributed by atoms with E-state index in [4.69, 9.17) is 10.3 Å². The van der Waals surface area contributed by atoms with E-state index < -0.39 is 0 Å². The van der Waals surface area contributed by atoms with Crippen LogP contribution in [0, 0.1) is 5.92 Å². The lowest BCUT2D eigenvalue weighted by Crippen LogP contribution is -2.34. The van der Waals surface area contributed by atoms with Crippen molar-refractivity contribution in [1.82, 2.24) is 10.1 Å². The number of nitrogens with zero attached hydrogens (tertiary/aromatic N) is 2. The second-order valence-corrected chi connectivity index (χ2v) is 4.77. The van der Waals surface area contributed by atoms with Gasteiger partial charge in [-0.05, 0) is 25.2 Å². The molecule has 1 aliphatic rings. The topological polar surface area (TPSA) is 64.9 Å². The molecule has 0 amide bonds. The van der Waals surface area contributed by atoms with Crippen LogP contribution >= 0.6 is 0 Å². The van der Waals surface area contributed by atoms with Crippen LogP contribution in [0.1, 0.15) is 50.7 Å². The van der Waals surface area contributed by atoms with E-state index in [9.17, 15) is 0 Å². The van der Waals surface area contributed by atoms with Crippen molar-refractivity contribution in [1.29, 1.82) is 0 Å². The number of hydrogen-bond donors (Lipinski definition) is 1. The molecule has 1 aromatic rings. The van der Waals surface area contributed by atoms with Gasteiger partial charge in [-0.3, -0.25) is 0 Å². The molecule has 90 valence electrons. The van der Waals surface area contributed by atoms with Crippen LogP contribution in [0.3, 0.4) is 0 Å². The minimum absolute atomic E-state index is 0.315. The van der Waals surface area contributed by atoms with E-state index in [1.807, 2.05) is 0 Å². The highest BCUT2D eigenvalue weighted by atomic mass is 16.5. The van der Waals surface area contributed by atoms with E-state index in [0.29, 0.717) is 12.0 Å². The van der Waals surface area contributed by atoms with Gasteiger partial charge in [-0.2, -0.15) is 4.98 Å². The monoisotopic (exact) mass is 223 g/mol. The molecule has 0 aliphatic heterocycles. The van der Waals surface area contributed by atoms with Gasteiger partial charge in [0.2, 0.25) is 5.89 Å². The minimum Gasteiger partial charge on any atom is -0.339 e. The Morgan fingerprint density at radius 3 is 2.94 bits per heavy atom. The Morgan fingerprint density at radius 2 is 2.19 bits per heavy atom. The Kier molecular flexibility index (Phi) is 3.93. The van der Waals surface area contributed by atoms with Gasteiger partial charge in [0.25, 0.3) is 0 Å². The van der Waals surface area contributed by atoms with Crippen molar-refractivity contribution in [3.8, 4) is 0 Å². The first-order valence-corrected chi connectivity index (χ1v) is 6.36. The van der Waals surface area contributed by atoms with Crippen molar-refractivity contribution in [3.05, 3.63) is 11.7 Å². The highest BCUT2D eigenvalue weighted by molar-refractivity contribution is 4.91. The van der Waals surface area contributed by atoms with Crippen molar-refractivity contribution in [2.45, 2.75) is 57.9 Å². The fraction of sp³-hybridized carbons (Fsp3) is 0.833. The van der Waals surface area contributed by atoms with E-state index in [0.717, 1.165) is 37.4 Å². The zero-order valence-corrected chi connectivity index (χ0v) is 9.98. The summed E-state index contributed by atoms with van der Waals surface area (Å²) in [5.41, 5.74) is 6.10. The average molecular weight is 223 g/mol. The van der Waals surface area contributed by atoms with Crippen molar-refractivity contribution in [2.24, 2.45) is 11.7 Å². The third-order valence-corrected chi connectivity index (χ3v) is 3.39. The largest absolute Gasteiger partial charge is 0.339 e. The summed E-state index contributed by atoms with van der Waals surface area (Å²) in [7, 11) is 0. The summed E-state index contributed by atoms with van der Waals surface area (Å²) in [6.45, 7) is 2.12. The molecule has 0 bridgehead atoms. The number of rotatable bonds is 4. The summed E-state index contributed by atoms with van der Waals surface area (Å²) in [4.78, 5) is 4.40. The lowest BCUT2D eigenvalue weighted by atomic mass is 9.83. The summed E-state index contributed by atoms with van der Waals surface area (Å²) in [5, 5.41) is 3.97. The average Bonchev–Trinajstić information content (AvgIpc) is 2.70. The molecular weight excluding hydrogens is 202 g/mol. The SMILES string of the molecule is CCCc1noc(CC2CCCCC2N)n1. The molecule has 2 unspecified atom stereocenters. The molecule has 4 heteroatoms. The second-order valence-electron chi connectivity index (χ2n) is 4.77. The molecule has 4 nitrogen and oxygen atoms in total. The van der Waals surface area contributed by atoms with Crippen LogP contribution in [0.4, 0.5) is 0 Å². The van der Waals surface area contributed by atoms with Crippen LogP contribution in [0.15, 0.2) is 4.52 Å². The lowest BCUT2D eigenvalue weighted by molar-refractivity contribution is 0.272. The van der Waals surface area contributed by atoms with Crippen LogP contribution in [-0.4, -0.2) is 16.2 Å². The molecule has 2 rings (SSSR count). The van der Waals surface area contributed by atoms with Crippen molar-refractivity contribution >= 4 is 0 Å². The first kappa shape index (κ1) is 11.6. The first-order valence-electron chi connectivity index (χ1n) is 6.36. The summed E-state index contributed by atoms with van der Waals surface area (Å²) in [5.74, 6) is 2.14. The molecular formula is C12H21N3O. The smallest absolute Gasteiger partial charge is 0.226 e. The van der Waals surface area contributed by atoms with Gasteiger partial charge in [-0.1, -0.05) is 24.9 Å². The molecule has 2 atom stereocenters. The zero-order valence-electron chi connectivity index (χ0n) is 9.98. The zero-order chi connectivity index (χ0) is 11.4. The molecule has 0 spiro atoms. The van der Waals surface area contributed by atoms with E-state index in [1.54, 1.807) is 0 Å². The number of nitrogens with two attached hydrogens (primary N) is 1. The predicted molar refractivity (Wildman–Crippen MR) is 61.9 cm³/mol. The molecule has 1 fully saturated rings. The van der Waals surface area contributed by atoms with Crippen LogP contribution in [-0.2, 0) is 12.8 Å². The minimum atomic E-state index is 0.315. The van der Waals surface area contributed by atoms with Crippen LogP contribution in [0.5, 0.6) is 0 Å². The summed E-state index contributed by atoms with van der Waals surface area (Å²) in [6, 6.07) is 0.315.